The zero-order chi connectivity index (χ0) is 10.8. The summed E-state index contributed by atoms with van der Waals surface area (Å²) in [5.41, 5.74) is 6.02. The predicted octanol–water partition coefficient (Wildman–Crippen LogP) is 3.15. The Morgan fingerprint density at radius 2 is 1.73 bits per heavy atom. The Labute approximate surface area is 90.2 Å². The highest BCUT2D eigenvalue weighted by atomic mass is 32.1. The van der Waals surface area contributed by atoms with Crippen molar-refractivity contribution in [3.05, 3.63) is 46.8 Å². The standard InChI is InChI=1S/C11H9F2NS/c12-8-3-7(4-9(13)5-8)11-2-1-10(6-14)15-11/h1-5H,6,14H2. The van der Waals surface area contributed by atoms with Crippen LogP contribution in [0.4, 0.5) is 8.78 Å². The SMILES string of the molecule is NCc1ccc(-c2cc(F)cc(F)c2)s1. The lowest BCUT2D eigenvalue weighted by Crippen LogP contribution is -1.91. The Bertz CT molecular complexity index is 459. The molecule has 0 bridgehead atoms. The van der Waals surface area contributed by atoms with Gasteiger partial charge in [-0.1, -0.05) is 0 Å². The van der Waals surface area contributed by atoms with Crippen molar-refractivity contribution < 1.29 is 8.78 Å². The van der Waals surface area contributed by atoms with Crippen LogP contribution in [0.2, 0.25) is 0 Å². The normalized spacial score (nSPS) is 10.6. The summed E-state index contributed by atoms with van der Waals surface area (Å²) in [4.78, 5) is 1.82. The molecule has 0 fully saturated rings. The first-order chi connectivity index (χ1) is 7.19. The summed E-state index contributed by atoms with van der Waals surface area (Å²) < 4.78 is 25.9. The lowest BCUT2D eigenvalue weighted by molar-refractivity contribution is 0.584. The van der Waals surface area contributed by atoms with Gasteiger partial charge in [0.15, 0.2) is 0 Å². The second-order valence-corrected chi connectivity index (χ2v) is 4.30. The lowest BCUT2D eigenvalue weighted by Gasteiger charge is -1.98. The number of halogens is 2. The number of nitrogens with two attached hydrogens (primary N) is 1. The van der Waals surface area contributed by atoms with Crippen LogP contribution in [0.15, 0.2) is 30.3 Å². The Kier molecular flexibility index (Phi) is 2.79. The highest BCUT2D eigenvalue weighted by Crippen LogP contribution is 2.28. The van der Waals surface area contributed by atoms with Crippen molar-refractivity contribution in [2.75, 3.05) is 0 Å². The molecule has 0 radical (unpaired) electrons. The summed E-state index contributed by atoms with van der Waals surface area (Å²) in [6, 6.07) is 7.18. The van der Waals surface area contributed by atoms with E-state index in [1.165, 1.54) is 23.5 Å². The van der Waals surface area contributed by atoms with Gasteiger partial charge in [-0.2, -0.15) is 0 Å². The molecule has 0 unspecified atom stereocenters. The van der Waals surface area contributed by atoms with Crippen LogP contribution in [0.1, 0.15) is 4.88 Å². The smallest absolute Gasteiger partial charge is 0.126 e. The molecule has 1 aromatic carbocycles. The predicted molar refractivity (Wildman–Crippen MR) is 57.6 cm³/mol. The van der Waals surface area contributed by atoms with Gasteiger partial charge in [0.05, 0.1) is 0 Å². The molecular weight excluding hydrogens is 216 g/mol. The quantitative estimate of drug-likeness (QED) is 0.834. The molecule has 0 aliphatic heterocycles. The molecule has 2 rings (SSSR count). The molecule has 2 N–H and O–H groups in total. The topological polar surface area (TPSA) is 26.0 Å². The Hall–Kier alpha value is -1.26. The van der Waals surface area contributed by atoms with Gasteiger partial charge in [0.25, 0.3) is 0 Å². The van der Waals surface area contributed by atoms with E-state index in [2.05, 4.69) is 0 Å². The largest absolute Gasteiger partial charge is 0.326 e. The zero-order valence-electron chi connectivity index (χ0n) is 7.84. The molecule has 0 atom stereocenters. The number of thiophene rings is 1. The van der Waals surface area contributed by atoms with E-state index in [-0.39, 0.29) is 0 Å². The lowest BCUT2D eigenvalue weighted by atomic mass is 10.2. The first-order valence-electron chi connectivity index (χ1n) is 4.44. The third-order valence-electron chi connectivity index (χ3n) is 2.01. The first-order valence-corrected chi connectivity index (χ1v) is 5.26. The molecule has 1 aromatic heterocycles. The first kappa shape index (κ1) is 10.3. The zero-order valence-corrected chi connectivity index (χ0v) is 8.65. The van der Waals surface area contributed by atoms with Crippen LogP contribution in [-0.2, 0) is 6.54 Å². The maximum atomic E-state index is 12.9. The number of rotatable bonds is 2. The van der Waals surface area contributed by atoms with Gasteiger partial charge in [0.2, 0.25) is 0 Å². The molecule has 0 saturated carbocycles. The fourth-order valence-electron chi connectivity index (χ4n) is 1.34. The molecule has 0 amide bonds. The summed E-state index contributed by atoms with van der Waals surface area (Å²) in [5, 5.41) is 0. The van der Waals surface area contributed by atoms with E-state index in [1.54, 1.807) is 0 Å². The molecular formula is C11H9F2NS. The fourth-order valence-corrected chi connectivity index (χ4v) is 2.21. The molecule has 0 aliphatic carbocycles. The molecule has 0 saturated heterocycles. The van der Waals surface area contributed by atoms with Crippen molar-refractivity contribution in [1.29, 1.82) is 0 Å². The van der Waals surface area contributed by atoms with Crippen molar-refractivity contribution >= 4 is 11.3 Å². The third-order valence-corrected chi connectivity index (χ3v) is 3.17. The van der Waals surface area contributed by atoms with Crippen molar-refractivity contribution in [2.24, 2.45) is 5.73 Å². The number of benzene rings is 1. The average molecular weight is 225 g/mol. The van der Waals surface area contributed by atoms with E-state index in [1.807, 2.05) is 12.1 Å². The maximum Gasteiger partial charge on any atom is 0.126 e. The van der Waals surface area contributed by atoms with E-state index in [4.69, 9.17) is 5.73 Å². The third kappa shape index (κ3) is 2.22. The van der Waals surface area contributed by atoms with Gasteiger partial charge in [-0.15, -0.1) is 11.3 Å². The van der Waals surface area contributed by atoms with Crippen LogP contribution in [-0.4, -0.2) is 0 Å². The Morgan fingerprint density at radius 1 is 1.07 bits per heavy atom. The van der Waals surface area contributed by atoms with E-state index >= 15 is 0 Å². The van der Waals surface area contributed by atoms with Crippen LogP contribution in [0.5, 0.6) is 0 Å². The molecule has 1 nitrogen and oxygen atoms in total. The van der Waals surface area contributed by atoms with E-state index in [0.29, 0.717) is 12.1 Å². The highest BCUT2D eigenvalue weighted by molar-refractivity contribution is 7.15. The van der Waals surface area contributed by atoms with Gasteiger partial charge < -0.3 is 5.73 Å². The Balaban J connectivity index is 2.44. The number of hydrogen-bond acceptors (Lipinski definition) is 2. The summed E-state index contributed by atoms with van der Waals surface area (Å²) >= 11 is 1.45. The van der Waals surface area contributed by atoms with Gasteiger partial charge in [0.1, 0.15) is 11.6 Å². The van der Waals surface area contributed by atoms with E-state index in [0.717, 1.165) is 15.8 Å². The van der Waals surface area contributed by atoms with Crippen molar-refractivity contribution in [3.63, 3.8) is 0 Å². The minimum absolute atomic E-state index is 0.447. The summed E-state index contributed by atoms with van der Waals surface area (Å²) in [6.07, 6.45) is 0. The Morgan fingerprint density at radius 3 is 2.27 bits per heavy atom. The van der Waals surface area contributed by atoms with Gasteiger partial charge in [0, 0.05) is 22.4 Å². The van der Waals surface area contributed by atoms with Crippen LogP contribution < -0.4 is 5.73 Å². The van der Waals surface area contributed by atoms with Crippen LogP contribution >= 0.6 is 11.3 Å². The minimum atomic E-state index is -0.562. The van der Waals surface area contributed by atoms with Gasteiger partial charge in [-0.25, -0.2) is 8.78 Å². The average Bonchev–Trinajstić information content (AvgIpc) is 2.64. The molecule has 0 spiro atoms. The molecule has 15 heavy (non-hydrogen) atoms. The monoisotopic (exact) mass is 225 g/mol. The van der Waals surface area contributed by atoms with Crippen molar-refractivity contribution in [2.45, 2.75) is 6.54 Å². The molecule has 4 heteroatoms. The van der Waals surface area contributed by atoms with Gasteiger partial charge in [-0.3, -0.25) is 0 Å². The van der Waals surface area contributed by atoms with E-state index < -0.39 is 11.6 Å². The van der Waals surface area contributed by atoms with Crippen LogP contribution in [0, 0.1) is 11.6 Å². The highest BCUT2D eigenvalue weighted by Gasteiger charge is 2.05. The summed E-state index contributed by atoms with van der Waals surface area (Å²) in [5.74, 6) is -1.12. The molecule has 78 valence electrons. The molecule has 1 heterocycles. The second kappa shape index (κ2) is 4.08. The second-order valence-electron chi connectivity index (χ2n) is 3.13. The minimum Gasteiger partial charge on any atom is -0.326 e. The van der Waals surface area contributed by atoms with Crippen molar-refractivity contribution in [1.82, 2.24) is 0 Å². The van der Waals surface area contributed by atoms with Gasteiger partial charge >= 0.3 is 0 Å². The molecule has 0 aliphatic rings. The number of hydrogen-bond donors (Lipinski definition) is 1. The summed E-state index contributed by atoms with van der Waals surface area (Å²) in [7, 11) is 0. The molecule has 2 aromatic rings. The van der Waals surface area contributed by atoms with E-state index in [9.17, 15) is 8.78 Å². The fraction of sp³-hybridized carbons (Fsp3) is 0.0909. The van der Waals surface area contributed by atoms with Crippen molar-refractivity contribution in [3.8, 4) is 10.4 Å². The van der Waals surface area contributed by atoms with Crippen LogP contribution in [0.3, 0.4) is 0 Å². The maximum absolute atomic E-state index is 12.9. The van der Waals surface area contributed by atoms with Gasteiger partial charge in [-0.05, 0) is 29.8 Å². The summed E-state index contributed by atoms with van der Waals surface area (Å²) in [6.45, 7) is 0.447. The van der Waals surface area contributed by atoms with Crippen LogP contribution in [0.25, 0.3) is 10.4 Å².